The van der Waals surface area contributed by atoms with Crippen LogP contribution in [0.2, 0.25) is 0 Å². The predicted molar refractivity (Wildman–Crippen MR) is 85.6 cm³/mol. The van der Waals surface area contributed by atoms with Gasteiger partial charge in [0.1, 0.15) is 0 Å². The Morgan fingerprint density at radius 1 is 1.43 bits per heavy atom. The third-order valence-electron chi connectivity index (χ3n) is 3.36. The highest BCUT2D eigenvalue weighted by molar-refractivity contribution is 7.89. The van der Waals surface area contributed by atoms with Gasteiger partial charge in [-0.15, -0.1) is 12.4 Å². The van der Waals surface area contributed by atoms with Gasteiger partial charge in [0.2, 0.25) is 0 Å². The van der Waals surface area contributed by atoms with Crippen LogP contribution in [0.3, 0.4) is 0 Å². The Morgan fingerprint density at radius 2 is 2.14 bits per heavy atom. The normalized spacial score (nSPS) is 19.0. The Bertz CT molecular complexity index is 604. The minimum Gasteiger partial charge on any atom is -0.333 e. The molecule has 1 fully saturated rings. The second kappa shape index (κ2) is 7.24. The standard InChI is InChI=1S/C14H20N2O3S.ClH/c1-11-9-15-6-7-16(11)14(17)13-5-3-4-12(8-13)10-20(2,18)19;/h3-5,8,11,15H,6-7,9-10H2,1-2H3;1H/t11-;/m1./s1. The van der Waals surface area contributed by atoms with Gasteiger partial charge < -0.3 is 10.2 Å². The highest BCUT2D eigenvalue weighted by Gasteiger charge is 2.24. The monoisotopic (exact) mass is 332 g/mol. The van der Waals surface area contributed by atoms with Crippen LogP contribution in [0.25, 0.3) is 0 Å². The van der Waals surface area contributed by atoms with E-state index in [1.54, 1.807) is 24.3 Å². The molecular weight excluding hydrogens is 312 g/mol. The lowest BCUT2D eigenvalue weighted by Crippen LogP contribution is -2.52. The molecule has 21 heavy (non-hydrogen) atoms. The number of rotatable bonds is 3. The number of hydrogen-bond donors (Lipinski definition) is 1. The van der Waals surface area contributed by atoms with Crippen molar-refractivity contribution in [1.82, 2.24) is 10.2 Å². The Morgan fingerprint density at radius 3 is 2.76 bits per heavy atom. The molecule has 1 amide bonds. The molecule has 1 atom stereocenters. The number of hydrogen-bond acceptors (Lipinski definition) is 4. The van der Waals surface area contributed by atoms with Crippen LogP contribution in [0, 0.1) is 0 Å². The molecule has 0 saturated carbocycles. The van der Waals surface area contributed by atoms with Gasteiger partial charge in [0.25, 0.3) is 5.91 Å². The maximum atomic E-state index is 12.5. The smallest absolute Gasteiger partial charge is 0.254 e. The van der Waals surface area contributed by atoms with Crippen LogP contribution in [0.1, 0.15) is 22.8 Å². The van der Waals surface area contributed by atoms with Gasteiger partial charge in [0, 0.05) is 37.5 Å². The summed E-state index contributed by atoms with van der Waals surface area (Å²) in [6.45, 7) is 4.26. The molecular formula is C14H21ClN2O3S. The van der Waals surface area contributed by atoms with Crippen molar-refractivity contribution >= 4 is 28.2 Å². The van der Waals surface area contributed by atoms with Crippen LogP contribution >= 0.6 is 12.4 Å². The van der Waals surface area contributed by atoms with E-state index in [-0.39, 0.29) is 30.1 Å². The van der Waals surface area contributed by atoms with Crippen molar-refractivity contribution in [1.29, 1.82) is 0 Å². The fourth-order valence-corrected chi connectivity index (χ4v) is 3.19. The van der Waals surface area contributed by atoms with Crippen molar-refractivity contribution in [3.05, 3.63) is 35.4 Å². The molecule has 1 aliphatic rings. The van der Waals surface area contributed by atoms with Crippen molar-refractivity contribution in [2.75, 3.05) is 25.9 Å². The number of benzene rings is 1. The first-order chi connectivity index (χ1) is 9.37. The lowest BCUT2D eigenvalue weighted by Gasteiger charge is -2.34. The number of nitrogens with zero attached hydrogens (tertiary/aromatic N) is 1. The van der Waals surface area contributed by atoms with Crippen LogP contribution in [-0.2, 0) is 15.6 Å². The summed E-state index contributed by atoms with van der Waals surface area (Å²) in [5.41, 5.74) is 1.21. The molecule has 0 unspecified atom stereocenters. The minimum atomic E-state index is -3.09. The Balaban J connectivity index is 0.00000220. The van der Waals surface area contributed by atoms with Crippen LogP contribution in [0.15, 0.2) is 24.3 Å². The van der Waals surface area contributed by atoms with Gasteiger partial charge in [0.05, 0.1) is 5.75 Å². The van der Waals surface area contributed by atoms with E-state index >= 15 is 0 Å². The summed E-state index contributed by atoms with van der Waals surface area (Å²) in [7, 11) is -3.09. The zero-order valence-corrected chi connectivity index (χ0v) is 13.8. The van der Waals surface area contributed by atoms with Crippen molar-refractivity contribution in [2.45, 2.75) is 18.7 Å². The lowest BCUT2D eigenvalue weighted by atomic mass is 10.1. The van der Waals surface area contributed by atoms with Gasteiger partial charge in [-0.1, -0.05) is 12.1 Å². The van der Waals surface area contributed by atoms with Gasteiger partial charge in [-0.25, -0.2) is 8.42 Å². The van der Waals surface area contributed by atoms with Crippen molar-refractivity contribution in [3.8, 4) is 0 Å². The van der Waals surface area contributed by atoms with E-state index in [0.29, 0.717) is 17.7 Å². The fraction of sp³-hybridized carbons (Fsp3) is 0.500. The summed E-state index contributed by atoms with van der Waals surface area (Å²) >= 11 is 0. The molecule has 0 spiro atoms. The summed E-state index contributed by atoms with van der Waals surface area (Å²) < 4.78 is 22.7. The van der Waals surface area contributed by atoms with Crippen LogP contribution in [0.5, 0.6) is 0 Å². The molecule has 1 aromatic carbocycles. The quantitative estimate of drug-likeness (QED) is 0.899. The summed E-state index contributed by atoms with van der Waals surface area (Å²) in [6, 6.07) is 7.04. The summed E-state index contributed by atoms with van der Waals surface area (Å²) in [5, 5.41) is 3.24. The minimum absolute atomic E-state index is 0. The predicted octanol–water partition coefficient (Wildman–Crippen LogP) is 1.09. The molecule has 1 saturated heterocycles. The average molecular weight is 333 g/mol. The number of carbonyl (C=O) groups excluding carboxylic acids is 1. The Kier molecular flexibility index (Phi) is 6.19. The molecule has 1 aliphatic heterocycles. The maximum absolute atomic E-state index is 12.5. The summed E-state index contributed by atoms with van der Waals surface area (Å²) in [5.74, 6) is -0.0695. The number of halogens is 1. The van der Waals surface area contributed by atoms with Crippen LogP contribution in [0.4, 0.5) is 0 Å². The first-order valence-electron chi connectivity index (χ1n) is 6.65. The molecule has 2 rings (SSSR count). The Hall–Kier alpha value is -1.11. The van der Waals surface area contributed by atoms with E-state index in [4.69, 9.17) is 0 Å². The zero-order valence-electron chi connectivity index (χ0n) is 12.2. The molecule has 1 N–H and O–H groups in total. The number of carbonyl (C=O) groups is 1. The third-order valence-corrected chi connectivity index (χ3v) is 4.22. The van der Waals surface area contributed by atoms with Crippen molar-refractivity contribution in [3.63, 3.8) is 0 Å². The fourth-order valence-electron chi connectivity index (χ4n) is 2.41. The largest absolute Gasteiger partial charge is 0.333 e. The highest BCUT2D eigenvalue weighted by Crippen LogP contribution is 2.13. The van der Waals surface area contributed by atoms with E-state index in [0.717, 1.165) is 13.1 Å². The molecule has 1 aromatic rings. The molecule has 0 aromatic heterocycles. The Labute approximate surface area is 132 Å². The molecule has 118 valence electrons. The molecule has 1 heterocycles. The third kappa shape index (κ3) is 4.98. The number of piperazine rings is 1. The van der Waals surface area contributed by atoms with Gasteiger partial charge >= 0.3 is 0 Å². The first kappa shape index (κ1) is 17.9. The van der Waals surface area contributed by atoms with E-state index in [1.807, 2.05) is 11.8 Å². The SMILES string of the molecule is C[C@@H]1CNCCN1C(=O)c1cccc(CS(C)(=O)=O)c1.Cl. The number of nitrogens with one attached hydrogen (secondary N) is 1. The van der Waals surface area contributed by atoms with E-state index in [2.05, 4.69) is 5.32 Å². The van der Waals surface area contributed by atoms with E-state index < -0.39 is 9.84 Å². The molecule has 7 heteroatoms. The van der Waals surface area contributed by atoms with Gasteiger partial charge in [-0.3, -0.25) is 4.79 Å². The topological polar surface area (TPSA) is 66.5 Å². The van der Waals surface area contributed by atoms with Gasteiger partial charge in [-0.05, 0) is 24.6 Å². The zero-order chi connectivity index (χ0) is 14.8. The van der Waals surface area contributed by atoms with Gasteiger partial charge in [-0.2, -0.15) is 0 Å². The average Bonchev–Trinajstić information content (AvgIpc) is 2.37. The van der Waals surface area contributed by atoms with Crippen molar-refractivity contribution < 1.29 is 13.2 Å². The summed E-state index contributed by atoms with van der Waals surface area (Å²) in [4.78, 5) is 14.3. The molecule has 0 radical (unpaired) electrons. The molecule has 0 aliphatic carbocycles. The van der Waals surface area contributed by atoms with Crippen LogP contribution in [-0.4, -0.2) is 51.2 Å². The van der Waals surface area contributed by atoms with E-state index in [9.17, 15) is 13.2 Å². The second-order valence-corrected chi connectivity index (χ2v) is 7.46. The van der Waals surface area contributed by atoms with Crippen molar-refractivity contribution in [2.24, 2.45) is 0 Å². The lowest BCUT2D eigenvalue weighted by molar-refractivity contribution is 0.0655. The number of amides is 1. The van der Waals surface area contributed by atoms with Gasteiger partial charge in [0.15, 0.2) is 9.84 Å². The molecule has 0 bridgehead atoms. The number of sulfone groups is 1. The first-order valence-corrected chi connectivity index (χ1v) is 8.71. The summed E-state index contributed by atoms with van der Waals surface area (Å²) in [6.07, 6.45) is 1.19. The molecule has 5 nitrogen and oxygen atoms in total. The van der Waals surface area contributed by atoms with E-state index in [1.165, 1.54) is 6.26 Å². The van der Waals surface area contributed by atoms with Crippen LogP contribution < -0.4 is 5.32 Å². The highest BCUT2D eigenvalue weighted by atomic mass is 35.5. The maximum Gasteiger partial charge on any atom is 0.254 e. The second-order valence-electron chi connectivity index (χ2n) is 5.32.